The first-order valence-corrected chi connectivity index (χ1v) is 5.73. The monoisotopic (exact) mass is 234 g/mol. The molecule has 0 aliphatic carbocycles. The lowest BCUT2D eigenvalue weighted by Crippen LogP contribution is -2.17. The molecule has 2 aromatic heterocycles. The molecule has 0 aromatic carbocycles. The number of rotatable bonds is 2. The van der Waals surface area contributed by atoms with Crippen molar-refractivity contribution >= 4 is 11.2 Å². The zero-order chi connectivity index (χ0) is 11.7. The van der Waals surface area contributed by atoms with Gasteiger partial charge in [0.15, 0.2) is 5.65 Å². The van der Waals surface area contributed by atoms with Crippen molar-refractivity contribution in [3.05, 3.63) is 12.5 Å². The minimum absolute atomic E-state index is 0.0355. The molecule has 1 unspecified atom stereocenters. The van der Waals surface area contributed by atoms with E-state index in [2.05, 4.69) is 15.0 Å². The molecule has 0 bridgehead atoms. The van der Waals surface area contributed by atoms with E-state index in [4.69, 9.17) is 9.47 Å². The molecule has 1 saturated heterocycles. The highest BCUT2D eigenvalue weighted by atomic mass is 16.5. The van der Waals surface area contributed by atoms with E-state index in [9.17, 15) is 0 Å². The van der Waals surface area contributed by atoms with Crippen LogP contribution in [0.25, 0.3) is 11.2 Å². The van der Waals surface area contributed by atoms with Gasteiger partial charge in [-0.1, -0.05) is 0 Å². The van der Waals surface area contributed by atoms with Gasteiger partial charge in [-0.15, -0.1) is 0 Å². The van der Waals surface area contributed by atoms with Crippen LogP contribution in [0.15, 0.2) is 12.5 Å². The topological polar surface area (TPSA) is 62.1 Å². The van der Waals surface area contributed by atoms with Crippen LogP contribution in [-0.4, -0.2) is 33.2 Å². The predicted molar refractivity (Wildman–Crippen MR) is 60.7 cm³/mol. The highest BCUT2D eigenvalue weighted by molar-refractivity contribution is 5.69. The second-order valence-corrected chi connectivity index (χ2v) is 4.04. The standard InChI is InChI=1S/C11H14N4O2/c1-16-11-12-6-8-10(14-11)15(7-13-8)9-4-2-3-5-17-9/h6-7,9H,2-5H2,1H3. The fraction of sp³-hybridized carbons (Fsp3) is 0.545. The van der Waals surface area contributed by atoms with E-state index in [1.807, 2.05) is 4.57 Å². The molecule has 1 aliphatic rings. The molecule has 2 aromatic rings. The van der Waals surface area contributed by atoms with E-state index in [0.717, 1.165) is 30.6 Å². The Morgan fingerprint density at radius 3 is 3.12 bits per heavy atom. The Morgan fingerprint density at radius 1 is 1.41 bits per heavy atom. The molecule has 1 atom stereocenters. The van der Waals surface area contributed by atoms with Gasteiger partial charge in [-0.25, -0.2) is 9.97 Å². The molecule has 3 rings (SSSR count). The number of aromatic nitrogens is 4. The number of fused-ring (bicyclic) bond motifs is 1. The summed E-state index contributed by atoms with van der Waals surface area (Å²) in [5, 5.41) is 0. The third kappa shape index (κ3) is 1.84. The zero-order valence-electron chi connectivity index (χ0n) is 9.67. The van der Waals surface area contributed by atoms with Crippen molar-refractivity contribution in [3.8, 4) is 6.01 Å². The average molecular weight is 234 g/mol. The molecule has 3 heterocycles. The number of imidazole rings is 1. The summed E-state index contributed by atoms with van der Waals surface area (Å²) < 4.78 is 12.7. The van der Waals surface area contributed by atoms with Gasteiger partial charge in [0.25, 0.3) is 0 Å². The third-order valence-electron chi connectivity index (χ3n) is 2.94. The first kappa shape index (κ1) is 10.5. The molecule has 0 N–H and O–H groups in total. The Kier molecular flexibility index (Phi) is 2.64. The molecule has 0 saturated carbocycles. The average Bonchev–Trinajstić information content (AvgIpc) is 2.82. The Bertz CT molecular complexity index is 519. The summed E-state index contributed by atoms with van der Waals surface area (Å²) in [5.41, 5.74) is 1.53. The lowest BCUT2D eigenvalue weighted by atomic mass is 10.2. The van der Waals surface area contributed by atoms with Crippen molar-refractivity contribution in [1.82, 2.24) is 19.5 Å². The number of methoxy groups -OCH3 is 1. The van der Waals surface area contributed by atoms with Crippen LogP contribution < -0.4 is 4.74 Å². The highest BCUT2D eigenvalue weighted by Gasteiger charge is 2.19. The van der Waals surface area contributed by atoms with Crippen LogP contribution in [0.1, 0.15) is 25.5 Å². The normalized spacial score (nSPS) is 20.6. The largest absolute Gasteiger partial charge is 0.467 e. The van der Waals surface area contributed by atoms with Crippen LogP contribution in [-0.2, 0) is 4.74 Å². The molecule has 90 valence electrons. The Morgan fingerprint density at radius 2 is 2.35 bits per heavy atom. The summed E-state index contributed by atoms with van der Waals surface area (Å²) in [6, 6.07) is 0.357. The van der Waals surface area contributed by atoms with E-state index in [-0.39, 0.29) is 6.23 Å². The van der Waals surface area contributed by atoms with Gasteiger partial charge in [0.1, 0.15) is 11.7 Å². The van der Waals surface area contributed by atoms with Gasteiger partial charge < -0.3 is 9.47 Å². The Labute approximate surface area is 98.6 Å². The summed E-state index contributed by atoms with van der Waals surface area (Å²) in [6.07, 6.45) is 6.76. The molecular weight excluding hydrogens is 220 g/mol. The predicted octanol–water partition coefficient (Wildman–Crippen LogP) is 1.53. The van der Waals surface area contributed by atoms with Crippen molar-refractivity contribution in [2.75, 3.05) is 13.7 Å². The van der Waals surface area contributed by atoms with Gasteiger partial charge in [-0.05, 0) is 19.3 Å². The summed E-state index contributed by atoms with van der Waals surface area (Å²) in [6.45, 7) is 0.798. The molecule has 1 aliphatic heterocycles. The van der Waals surface area contributed by atoms with E-state index in [0.29, 0.717) is 6.01 Å². The third-order valence-corrected chi connectivity index (χ3v) is 2.94. The highest BCUT2D eigenvalue weighted by Crippen LogP contribution is 2.25. The van der Waals surface area contributed by atoms with Gasteiger partial charge in [-0.3, -0.25) is 4.57 Å². The number of hydrogen-bond acceptors (Lipinski definition) is 5. The SMILES string of the molecule is COc1ncc2ncn(C3CCCCO3)c2n1. The minimum Gasteiger partial charge on any atom is -0.467 e. The number of ether oxygens (including phenoxy) is 2. The van der Waals surface area contributed by atoms with Gasteiger partial charge in [0.2, 0.25) is 0 Å². The fourth-order valence-corrected chi connectivity index (χ4v) is 2.06. The van der Waals surface area contributed by atoms with Crippen molar-refractivity contribution in [1.29, 1.82) is 0 Å². The van der Waals surface area contributed by atoms with Gasteiger partial charge in [0.05, 0.1) is 19.6 Å². The van der Waals surface area contributed by atoms with Crippen LogP contribution in [0, 0.1) is 0 Å². The van der Waals surface area contributed by atoms with Crippen molar-refractivity contribution in [2.45, 2.75) is 25.5 Å². The quantitative estimate of drug-likeness (QED) is 0.788. The lowest BCUT2D eigenvalue weighted by molar-refractivity contribution is -0.0298. The van der Waals surface area contributed by atoms with E-state index in [1.54, 1.807) is 19.6 Å². The van der Waals surface area contributed by atoms with Crippen molar-refractivity contribution < 1.29 is 9.47 Å². The molecule has 6 heteroatoms. The first-order chi connectivity index (χ1) is 8.38. The summed E-state index contributed by atoms with van der Waals surface area (Å²) >= 11 is 0. The fourth-order valence-electron chi connectivity index (χ4n) is 2.06. The Balaban J connectivity index is 2.02. The molecule has 1 fully saturated rings. The second-order valence-electron chi connectivity index (χ2n) is 4.04. The first-order valence-electron chi connectivity index (χ1n) is 5.73. The molecular formula is C11H14N4O2. The van der Waals surface area contributed by atoms with Crippen molar-refractivity contribution in [2.24, 2.45) is 0 Å². The van der Waals surface area contributed by atoms with E-state index < -0.39 is 0 Å². The van der Waals surface area contributed by atoms with Gasteiger partial charge >= 0.3 is 6.01 Å². The lowest BCUT2D eigenvalue weighted by Gasteiger charge is -2.23. The van der Waals surface area contributed by atoms with Crippen LogP contribution in [0.4, 0.5) is 0 Å². The summed E-state index contributed by atoms with van der Waals surface area (Å²) in [7, 11) is 1.55. The zero-order valence-corrected chi connectivity index (χ0v) is 9.67. The maximum atomic E-state index is 5.73. The molecule has 0 spiro atoms. The molecule has 0 radical (unpaired) electrons. The van der Waals surface area contributed by atoms with E-state index in [1.165, 1.54) is 6.42 Å². The molecule has 17 heavy (non-hydrogen) atoms. The summed E-state index contributed by atoms with van der Waals surface area (Å²) in [5.74, 6) is 0. The van der Waals surface area contributed by atoms with Crippen LogP contribution in [0.3, 0.4) is 0 Å². The van der Waals surface area contributed by atoms with Crippen LogP contribution >= 0.6 is 0 Å². The van der Waals surface area contributed by atoms with E-state index >= 15 is 0 Å². The Hall–Kier alpha value is -1.69. The van der Waals surface area contributed by atoms with Gasteiger partial charge in [-0.2, -0.15) is 4.98 Å². The molecule has 6 nitrogen and oxygen atoms in total. The maximum absolute atomic E-state index is 5.73. The van der Waals surface area contributed by atoms with Crippen LogP contribution in [0.5, 0.6) is 6.01 Å². The van der Waals surface area contributed by atoms with Crippen molar-refractivity contribution in [3.63, 3.8) is 0 Å². The van der Waals surface area contributed by atoms with Gasteiger partial charge in [0, 0.05) is 6.61 Å². The summed E-state index contributed by atoms with van der Waals surface area (Å²) in [4.78, 5) is 12.6. The maximum Gasteiger partial charge on any atom is 0.318 e. The molecule has 0 amide bonds. The number of hydrogen-bond donors (Lipinski definition) is 0. The smallest absolute Gasteiger partial charge is 0.318 e. The second kappa shape index (κ2) is 4.29. The number of nitrogens with zero attached hydrogens (tertiary/aromatic N) is 4. The minimum atomic E-state index is 0.0355. The van der Waals surface area contributed by atoms with Crippen LogP contribution in [0.2, 0.25) is 0 Å².